The van der Waals surface area contributed by atoms with Gasteiger partial charge >= 0.3 is 0 Å². The first-order valence-electron chi connectivity index (χ1n) is 9.71. The maximum atomic E-state index is 12.5. The maximum Gasteiger partial charge on any atom is 0.261 e. The molecule has 1 amide bonds. The molecule has 1 aliphatic rings. The van der Waals surface area contributed by atoms with Crippen LogP contribution < -0.4 is 20.3 Å². The normalized spacial score (nSPS) is 15.0. The van der Waals surface area contributed by atoms with Gasteiger partial charge in [-0.15, -0.1) is 0 Å². The van der Waals surface area contributed by atoms with Gasteiger partial charge < -0.3 is 14.8 Å². The second kappa shape index (κ2) is 7.95. The van der Waals surface area contributed by atoms with E-state index in [9.17, 15) is 9.59 Å². The molecule has 0 radical (unpaired) electrons. The highest BCUT2D eigenvalue weighted by atomic mass is 16.5. The van der Waals surface area contributed by atoms with Crippen LogP contribution in [0.15, 0.2) is 47.5 Å². The predicted octanol–water partition coefficient (Wildman–Crippen LogP) is 2.44. The van der Waals surface area contributed by atoms with Crippen molar-refractivity contribution in [3.63, 3.8) is 0 Å². The van der Waals surface area contributed by atoms with E-state index in [4.69, 9.17) is 9.47 Å². The molecule has 29 heavy (non-hydrogen) atoms. The van der Waals surface area contributed by atoms with Gasteiger partial charge in [-0.25, -0.2) is 4.98 Å². The van der Waals surface area contributed by atoms with Crippen molar-refractivity contribution in [3.8, 4) is 11.5 Å². The molecule has 0 saturated heterocycles. The number of hydrogen-bond acceptors (Lipinski definition) is 5. The molecule has 0 saturated carbocycles. The van der Waals surface area contributed by atoms with Crippen molar-refractivity contribution in [2.75, 3.05) is 6.61 Å². The van der Waals surface area contributed by atoms with Crippen LogP contribution in [0, 0.1) is 0 Å². The van der Waals surface area contributed by atoms with Gasteiger partial charge in [0.1, 0.15) is 24.1 Å². The van der Waals surface area contributed by atoms with Crippen molar-refractivity contribution in [3.05, 3.63) is 64.2 Å². The smallest absolute Gasteiger partial charge is 0.261 e. The lowest BCUT2D eigenvalue weighted by Gasteiger charge is -2.14. The predicted molar refractivity (Wildman–Crippen MR) is 109 cm³/mol. The largest absolute Gasteiger partial charge is 0.494 e. The zero-order valence-electron chi connectivity index (χ0n) is 16.5. The first kappa shape index (κ1) is 19.0. The molecule has 2 heterocycles. The van der Waals surface area contributed by atoms with Crippen LogP contribution in [0.5, 0.6) is 11.5 Å². The first-order chi connectivity index (χ1) is 14.0. The van der Waals surface area contributed by atoms with Crippen LogP contribution in [-0.2, 0) is 24.3 Å². The summed E-state index contributed by atoms with van der Waals surface area (Å²) in [6.45, 7) is 4.67. The third kappa shape index (κ3) is 3.94. The maximum absolute atomic E-state index is 12.5. The fraction of sp³-hybridized carbons (Fsp3) is 0.318. The van der Waals surface area contributed by atoms with E-state index in [0.29, 0.717) is 17.5 Å². The number of nitrogens with zero attached hydrogens (tertiary/aromatic N) is 2. The van der Waals surface area contributed by atoms with E-state index in [1.807, 2.05) is 32.0 Å². The molecule has 1 atom stereocenters. The summed E-state index contributed by atoms with van der Waals surface area (Å²) in [6.07, 6.45) is 2.39. The Morgan fingerprint density at radius 3 is 3.00 bits per heavy atom. The Morgan fingerprint density at radius 2 is 2.17 bits per heavy atom. The van der Waals surface area contributed by atoms with Crippen molar-refractivity contribution in [1.29, 1.82) is 0 Å². The molecule has 0 aliphatic carbocycles. The van der Waals surface area contributed by atoms with Crippen molar-refractivity contribution in [1.82, 2.24) is 14.9 Å². The molecule has 0 unspecified atom stereocenters. The van der Waals surface area contributed by atoms with Crippen LogP contribution >= 0.6 is 0 Å². The van der Waals surface area contributed by atoms with Crippen molar-refractivity contribution >= 4 is 16.8 Å². The molecule has 1 aromatic heterocycles. The Balaban J connectivity index is 1.48. The van der Waals surface area contributed by atoms with Crippen molar-refractivity contribution in [2.45, 2.75) is 39.5 Å². The van der Waals surface area contributed by atoms with Gasteiger partial charge in [-0.3, -0.25) is 14.2 Å². The van der Waals surface area contributed by atoms with Crippen LogP contribution in [0.2, 0.25) is 0 Å². The molecule has 7 nitrogen and oxygen atoms in total. The fourth-order valence-electron chi connectivity index (χ4n) is 3.53. The van der Waals surface area contributed by atoms with Crippen molar-refractivity contribution in [2.24, 2.45) is 0 Å². The van der Waals surface area contributed by atoms with E-state index in [2.05, 4.69) is 10.3 Å². The number of hydrogen-bond donors (Lipinski definition) is 1. The third-order valence-electron chi connectivity index (χ3n) is 4.90. The minimum Gasteiger partial charge on any atom is -0.494 e. The molecule has 2 aromatic carbocycles. The number of rotatable bonds is 6. The van der Waals surface area contributed by atoms with Gasteiger partial charge in [-0.1, -0.05) is 12.1 Å². The summed E-state index contributed by atoms with van der Waals surface area (Å²) >= 11 is 0. The summed E-state index contributed by atoms with van der Waals surface area (Å²) in [6, 6.07) is 11.0. The number of amides is 1. The average molecular weight is 393 g/mol. The Hall–Kier alpha value is -3.35. The van der Waals surface area contributed by atoms with Crippen molar-refractivity contribution < 1.29 is 14.3 Å². The standard InChI is InChI=1S/C22H23N3O4/c1-3-28-19-9-15-8-14(2)29-20(15)10-16(19)11-23-21(26)12-25-13-24-18-7-5-4-6-17(18)22(25)27/h4-7,9-10,13-14H,3,8,11-12H2,1-2H3,(H,23,26)/t14-/m1/s1. The van der Waals surface area contributed by atoms with E-state index in [-0.39, 0.29) is 30.7 Å². The Morgan fingerprint density at radius 1 is 1.34 bits per heavy atom. The monoisotopic (exact) mass is 393 g/mol. The molecule has 0 spiro atoms. The van der Waals surface area contributed by atoms with Crippen LogP contribution in [0.4, 0.5) is 0 Å². The number of carbonyl (C=O) groups is 1. The summed E-state index contributed by atoms with van der Waals surface area (Å²) in [5, 5.41) is 3.35. The molecule has 7 heteroatoms. The molecule has 0 bridgehead atoms. The molecular weight excluding hydrogens is 370 g/mol. The number of carbonyl (C=O) groups excluding carboxylic acids is 1. The number of nitrogens with one attached hydrogen (secondary N) is 1. The van der Waals surface area contributed by atoms with E-state index in [1.54, 1.807) is 18.2 Å². The fourth-order valence-corrected chi connectivity index (χ4v) is 3.53. The lowest BCUT2D eigenvalue weighted by molar-refractivity contribution is -0.121. The summed E-state index contributed by atoms with van der Waals surface area (Å²) in [5.74, 6) is 1.30. The Kier molecular flexibility index (Phi) is 5.20. The molecule has 1 aliphatic heterocycles. The molecule has 4 rings (SSSR count). The molecule has 150 valence electrons. The summed E-state index contributed by atoms with van der Waals surface area (Å²) in [5.41, 5.74) is 2.34. The number of aromatic nitrogens is 2. The number of ether oxygens (including phenoxy) is 2. The quantitative estimate of drug-likeness (QED) is 0.696. The van der Waals surface area contributed by atoms with Gasteiger partial charge in [0, 0.05) is 24.1 Å². The lowest BCUT2D eigenvalue weighted by Crippen LogP contribution is -2.32. The van der Waals surface area contributed by atoms with E-state index < -0.39 is 0 Å². The highest BCUT2D eigenvalue weighted by molar-refractivity contribution is 5.78. The van der Waals surface area contributed by atoms with E-state index in [1.165, 1.54) is 10.9 Å². The number of benzene rings is 2. The van der Waals surface area contributed by atoms with Gasteiger partial charge in [0.05, 0.1) is 23.8 Å². The van der Waals surface area contributed by atoms with Crippen LogP contribution in [0.3, 0.4) is 0 Å². The van der Waals surface area contributed by atoms with Gasteiger partial charge in [0.2, 0.25) is 5.91 Å². The van der Waals surface area contributed by atoms with Crippen LogP contribution in [-0.4, -0.2) is 28.2 Å². The van der Waals surface area contributed by atoms with E-state index >= 15 is 0 Å². The Bertz CT molecular complexity index is 1120. The van der Waals surface area contributed by atoms with Gasteiger partial charge in [0.25, 0.3) is 5.56 Å². The molecule has 1 N–H and O–H groups in total. The minimum atomic E-state index is -0.276. The summed E-state index contributed by atoms with van der Waals surface area (Å²) < 4.78 is 12.9. The van der Waals surface area contributed by atoms with Gasteiger partial charge in [-0.05, 0) is 38.1 Å². The summed E-state index contributed by atoms with van der Waals surface area (Å²) in [4.78, 5) is 29.2. The topological polar surface area (TPSA) is 82.5 Å². The van der Waals surface area contributed by atoms with Gasteiger partial charge in [-0.2, -0.15) is 0 Å². The molecule has 3 aromatic rings. The van der Waals surface area contributed by atoms with Crippen LogP contribution in [0.1, 0.15) is 25.0 Å². The highest BCUT2D eigenvalue weighted by Crippen LogP contribution is 2.35. The Labute approximate surface area is 168 Å². The zero-order chi connectivity index (χ0) is 20.4. The number of fused-ring (bicyclic) bond motifs is 2. The second-order valence-corrected chi connectivity index (χ2v) is 7.10. The summed E-state index contributed by atoms with van der Waals surface area (Å²) in [7, 11) is 0. The first-order valence-corrected chi connectivity index (χ1v) is 9.71. The number of para-hydroxylation sites is 1. The average Bonchev–Trinajstić information content (AvgIpc) is 3.07. The van der Waals surface area contributed by atoms with Gasteiger partial charge in [0.15, 0.2) is 0 Å². The van der Waals surface area contributed by atoms with E-state index in [0.717, 1.165) is 29.0 Å². The highest BCUT2D eigenvalue weighted by Gasteiger charge is 2.22. The molecule has 0 fully saturated rings. The zero-order valence-corrected chi connectivity index (χ0v) is 16.5. The minimum absolute atomic E-state index is 0.0981. The molecular formula is C22H23N3O4. The SMILES string of the molecule is CCOc1cc2c(cc1CNC(=O)Cn1cnc3ccccc3c1=O)O[C@H](C)C2. The lowest BCUT2D eigenvalue weighted by atomic mass is 10.1. The second-order valence-electron chi connectivity index (χ2n) is 7.10. The van der Waals surface area contributed by atoms with Crippen LogP contribution in [0.25, 0.3) is 10.9 Å². The third-order valence-corrected chi connectivity index (χ3v) is 4.90.